The van der Waals surface area contributed by atoms with Gasteiger partial charge in [0.15, 0.2) is 17.2 Å². The van der Waals surface area contributed by atoms with E-state index in [0.29, 0.717) is 34.8 Å². The van der Waals surface area contributed by atoms with E-state index in [2.05, 4.69) is 4.98 Å². The van der Waals surface area contributed by atoms with Crippen LogP contribution in [0, 0.1) is 6.92 Å². The number of pyridine rings is 1. The first-order valence-electron chi connectivity index (χ1n) is 9.37. The number of carbonyl (C=O) groups excluding carboxylic acids is 2. The third-order valence-electron chi connectivity index (χ3n) is 5.20. The second-order valence-electron chi connectivity index (χ2n) is 7.40. The van der Waals surface area contributed by atoms with Gasteiger partial charge in [0.2, 0.25) is 0 Å². The molecule has 6 heteroatoms. The number of ether oxygens (including phenoxy) is 1. The second-order valence-corrected chi connectivity index (χ2v) is 7.40. The van der Waals surface area contributed by atoms with Gasteiger partial charge >= 0.3 is 0 Å². The third-order valence-corrected chi connectivity index (χ3v) is 5.20. The predicted octanol–water partition coefficient (Wildman–Crippen LogP) is 3.61. The van der Waals surface area contributed by atoms with Crippen molar-refractivity contribution in [2.24, 2.45) is 0 Å². The lowest BCUT2D eigenvalue weighted by molar-refractivity contribution is 0.0822. The number of amides is 1. The van der Waals surface area contributed by atoms with Crippen LogP contribution in [-0.4, -0.2) is 40.1 Å². The largest absolute Gasteiger partial charge is 0.481 e. The molecule has 0 aliphatic carbocycles. The molecule has 1 aliphatic heterocycles. The van der Waals surface area contributed by atoms with Gasteiger partial charge in [0.05, 0.1) is 11.3 Å². The maximum absolute atomic E-state index is 12.9. The van der Waals surface area contributed by atoms with Gasteiger partial charge in [-0.15, -0.1) is 0 Å². The highest BCUT2D eigenvalue weighted by Crippen LogP contribution is 2.40. The molecule has 28 heavy (non-hydrogen) atoms. The van der Waals surface area contributed by atoms with Gasteiger partial charge in [-0.1, -0.05) is 30.3 Å². The summed E-state index contributed by atoms with van der Waals surface area (Å²) in [5.74, 6) is 0.396. The number of benzene rings is 1. The normalized spacial score (nSPS) is 15.8. The molecular weight excluding hydrogens is 354 g/mol. The number of ketones is 1. The number of hydrogen-bond acceptors (Lipinski definition) is 4. The standard InChI is InChI=1S/C22H23N3O3/c1-13-19(14(2)26)25-12-17(22(27)24(3)4)16-10-11-18(15-8-6-5-7-9-15)28-20(16)21(25)23-13/h5-9,12,18H,10-11H2,1-4H3/t18-/m0/s1. The molecule has 0 bridgehead atoms. The van der Waals surface area contributed by atoms with Gasteiger partial charge in [0, 0.05) is 32.8 Å². The Kier molecular flexibility index (Phi) is 4.41. The first kappa shape index (κ1) is 18.2. The van der Waals surface area contributed by atoms with Crippen molar-refractivity contribution in [3.8, 4) is 5.75 Å². The minimum Gasteiger partial charge on any atom is -0.481 e. The van der Waals surface area contributed by atoms with E-state index in [0.717, 1.165) is 17.5 Å². The van der Waals surface area contributed by atoms with Crippen LogP contribution >= 0.6 is 0 Å². The molecule has 0 fully saturated rings. The van der Waals surface area contributed by atoms with Crippen molar-refractivity contribution < 1.29 is 14.3 Å². The van der Waals surface area contributed by atoms with E-state index in [-0.39, 0.29) is 17.8 Å². The van der Waals surface area contributed by atoms with Gasteiger partial charge in [-0.05, 0) is 25.3 Å². The van der Waals surface area contributed by atoms with Gasteiger partial charge in [-0.3, -0.25) is 14.0 Å². The van der Waals surface area contributed by atoms with E-state index in [1.165, 1.54) is 6.92 Å². The topological polar surface area (TPSA) is 63.9 Å². The van der Waals surface area contributed by atoms with Crippen molar-refractivity contribution in [3.05, 3.63) is 64.6 Å². The lowest BCUT2D eigenvalue weighted by Gasteiger charge is -2.28. The van der Waals surface area contributed by atoms with Crippen LogP contribution in [0.2, 0.25) is 0 Å². The van der Waals surface area contributed by atoms with Crippen molar-refractivity contribution in [3.63, 3.8) is 0 Å². The molecule has 6 nitrogen and oxygen atoms in total. The molecule has 0 unspecified atom stereocenters. The van der Waals surface area contributed by atoms with Crippen molar-refractivity contribution >= 4 is 17.3 Å². The first-order valence-corrected chi connectivity index (χ1v) is 9.37. The Labute approximate surface area is 163 Å². The molecule has 0 saturated carbocycles. The van der Waals surface area contributed by atoms with Crippen molar-refractivity contribution in [2.45, 2.75) is 32.8 Å². The first-order chi connectivity index (χ1) is 13.4. The van der Waals surface area contributed by atoms with Crippen LogP contribution in [0.1, 0.15) is 57.1 Å². The zero-order valence-electron chi connectivity index (χ0n) is 16.5. The number of rotatable bonds is 3. The van der Waals surface area contributed by atoms with Crippen molar-refractivity contribution in [2.75, 3.05) is 14.1 Å². The van der Waals surface area contributed by atoms with Gasteiger partial charge in [-0.2, -0.15) is 0 Å². The molecule has 0 saturated heterocycles. The van der Waals surface area contributed by atoms with Crippen LogP contribution in [0.4, 0.5) is 0 Å². The smallest absolute Gasteiger partial charge is 0.255 e. The molecule has 1 atom stereocenters. The summed E-state index contributed by atoms with van der Waals surface area (Å²) >= 11 is 0. The fraction of sp³-hybridized carbons (Fsp3) is 0.318. The lowest BCUT2D eigenvalue weighted by Crippen LogP contribution is -2.26. The molecule has 1 aliphatic rings. The number of Topliss-reactive ketones (excluding diaryl/α,β-unsaturated/α-hetero) is 1. The van der Waals surface area contributed by atoms with Crippen molar-refractivity contribution in [1.82, 2.24) is 14.3 Å². The van der Waals surface area contributed by atoms with Crippen LogP contribution in [0.15, 0.2) is 36.5 Å². The summed E-state index contributed by atoms with van der Waals surface area (Å²) in [6.07, 6.45) is 3.11. The second kappa shape index (κ2) is 6.78. The monoisotopic (exact) mass is 377 g/mol. The Balaban J connectivity index is 1.95. The Hall–Kier alpha value is -3.15. The number of aromatic nitrogens is 2. The minimum absolute atomic E-state index is 0.0939. The van der Waals surface area contributed by atoms with Crippen LogP contribution in [-0.2, 0) is 6.42 Å². The Bertz CT molecular complexity index is 1080. The summed E-state index contributed by atoms with van der Waals surface area (Å²) in [5.41, 5.74) is 4.21. The summed E-state index contributed by atoms with van der Waals surface area (Å²) in [5, 5.41) is 0. The quantitative estimate of drug-likeness (QED) is 0.654. The van der Waals surface area contributed by atoms with Crippen LogP contribution in [0.5, 0.6) is 5.75 Å². The predicted molar refractivity (Wildman–Crippen MR) is 106 cm³/mol. The number of nitrogens with zero attached hydrogens (tertiary/aromatic N) is 3. The molecule has 144 valence electrons. The summed E-state index contributed by atoms with van der Waals surface area (Å²) in [6.45, 7) is 3.32. The summed E-state index contributed by atoms with van der Waals surface area (Å²) in [7, 11) is 3.45. The maximum atomic E-state index is 12.9. The van der Waals surface area contributed by atoms with E-state index in [4.69, 9.17) is 4.74 Å². The fourth-order valence-electron chi connectivity index (χ4n) is 3.90. The molecular formula is C22H23N3O3. The molecule has 1 aromatic carbocycles. The molecule has 4 rings (SSSR count). The maximum Gasteiger partial charge on any atom is 0.255 e. The molecule has 2 aromatic heterocycles. The Morgan fingerprint density at radius 3 is 2.57 bits per heavy atom. The fourth-order valence-corrected chi connectivity index (χ4v) is 3.90. The summed E-state index contributed by atoms with van der Waals surface area (Å²) in [4.78, 5) is 31.2. The van der Waals surface area contributed by atoms with Crippen LogP contribution in [0.3, 0.4) is 0 Å². The highest BCUT2D eigenvalue weighted by Gasteiger charge is 2.30. The third kappa shape index (κ3) is 2.85. The van der Waals surface area contributed by atoms with E-state index >= 15 is 0 Å². The zero-order valence-corrected chi connectivity index (χ0v) is 16.5. The highest BCUT2D eigenvalue weighted by molar-refractivity contribution is 5.99. The molecule has 0 N–H and O–H groups in total. The molecule has 1 amide bonds. The summed E-state index contributed by atoms with van der Waals surface area (Å²) < 4.78 is 8.09. The number of imidazole rings is 1. The average Bonchev–Trinajstić information content (AvgIpc) is 3.03. The number of aryl methyl sites for hydroxylation is 1. The zero-order chi connectivity index (χ0) is 20.0. The van der Waals surface area contributed by atoms with Crippen LogP contribution < -0.4 is 4.74 Å². The SMILES string of the molecule is CC(=O)c1c(C)nc2c3c(c(C(=O)N(C)C)cn12)CC[C@@H](c1ccccc1)O3. The van der Waals surface area contributed by atoms with Gasteiger partial charge in [-0.25, -0.2) is 4.98 Å². The Morgan fingerprint density at radius 2 is 1.93 bits per heavy atom. The van der Waals surface area contributed by atoms with E-state index < -0.39 is 0 Å². The molecule has 3 aromatic rings. The van der Waals surface area contributed by atoms with Gasteiger partial charge in [0.25, 0.3) is 5.91 Å². The van der Waals surface area contributed by atoms with E-state index in [1.54, 1.807) is 36.5 Å². The number of carbonyl (C=O) groups is 2. The summed E-state index contributed by atoms with van der Waals surface area (Å²) in [6, 6.07) is 10.0. The number of hydrogen-bond donors (Lipinski definition) is 0. The van der Waals surface area contributed by atoms with Gasteiger partial charge in [0.1, 0.15) is 11.8 Å². The van der Waals surface area contributed by atoms with Gasteiger partial charge < -0.3 is 9.64 Å². The molecule has 3 heterocycles. The van der Waals surface area contributed by atoms with E-state index in [9.17, 15) is 9.59 Å². The lowest BCUT2D eigenvalue weighted by atomic mass is 9.95. The Morgan fingerprint density at radius 1 is 1.21 bits per heavy atom. The van der Waals surface area contributed by atoms with E-state index in [1.807, 2.05) is 30.3 Å². The highest BCUT2D eigenvalue weighted by atomic mass is 16.5. The minimum atomic E-state index is -0.111. The molecule has 0 spiro atoms. The van der Waals surface area contributed by atoms with Crippen molar-refractivity contribution in [1.29, 1.82) is 0 Å². The average molecular weight is 377 g/mol. The van der Waals surface area contributed by atoms with Crippen LogP contribution in [0.25, 0.3) is 5.65 Å². The molecule has 0 radical (unpaired) electrons. The number of fused-ring (bicyclic) bond motifs is 3.